The average molecular weight is 155 g/mol. The lowest BCUT2D eigenvalue weighted by molar-refractivity contribution is 0.0593. The first-order valence-electron chi connectivity index (χ1n) is 3.11. The number of aryl methyl sites for hydroxylation is 1. The van der Waals surface area contributed by atoms with E-state index in [0.717, 1.165) is 0 Å². The third-order valence-corrected chi connectivity index (χ3v) is 1.49. The zero-order valence-electron chi connectivity index (χ0n) is 6.66. The molecule has 0 atom stereocenters. The lowest BCUT2D eigenvalue weighted by Crippen LogP contribution is -2.04. The predicted molar refractivity (Wildman–Crippen MR) is 37.1 cm³/mol. The van der Waals surface area contributed by atoms with Gasteiger partial charge in [-0.15, -0.1) is 5.10 Å². The van der Waals surface area contributed by atoms with Gasteiger partial charge in [0, 0.05) is 7.05 Å². The maximum absolute atomic E-state index is 10.9. The molecule has 5 heteroatoms. The van der Waals surface area contributed by atoms with Crippen LogP contribution in [0.25, 0.3) is 0 Å². The zero-order valence-corrected chi connectivity index (χ0v) is 6.66. The SMILES string of the molecule is COC(=O)c1nnn(C)c1C. The Bertz CT molecular complexity index is 279. The third-order valence-electron chi connectivity index (χ3n) is 1.49. The molecule has 1 aromatic rings. The minimum absolute atomic E-state index is 0.273. The molecule has 1 aromatic heterocycles. The van der Waals surface area contributed by atoms with Crippen molar-refractivity contribution in [2.45, 2.75) is 6.92 Å². The molecule has 0 spiro atoms. The zero-order chi connectivity index (χ0) is 8.43. The number of rotatable bonds is 1. The van der Waals surface area contributed by atoms with Crippen molar-refractivity contribution in [3.8, 4) is 0 Å². The molecule has 0 N–H and O–H groups in total. The summed E-state index contributed by atoms with van der Waals surface area (Å²) in [5.74, 6) is -0.449. The highest BCUT2D eigenvalue weighted by molar-refractivity contribution is 5.88. The minimum atomic E-state index is -0.449. The van der Waals surface area contributed by atoms with E-state index in [1.807, 2.05) is 0 Å². The van der Waals surface area contributed by atoms with Crippen LogP contribution in [0.4, 0.5) is 0 Å². The molecule has 11 heavy (non-hydrogen) atoms. The van der Waals surface area contributed by atoms with Crippen molar-refractivity contribution >= 4 is 5.97 Å². The van der Waals surface area contributed by atoms with Crippen molar-refractivity contribution in [1.82, 2.24) is 15.0 Å². The minimum Gasteiger partial charge on any atom is -0.464 e. The lowest BCUT2D eigenvalue weighted by Gasteiger charge is -1.94. The number of ether oxygens (including phenoxy) is 1. The van der Waals surface area contributed by atoms with Gasteiger partial charge in [-0.3, -0.25) is 4.68 Å². The van der Waals surface area contributed by atoms with E-state index in [9.17, 15) is 4.79 Å². The summed E-state index contributed by atoms with van der Waals surface area (Å²) in [4.78, 5) is 10.9. The predicted octanol–water partition coefficient (Wildman–Crippen LogP) is -0.0899. The van der Waals surface area contributed by atoms with Crippen LogP contribution in [0.1, 0.15) is 16.2 Å². The van der Waals surface area contributed by atoms with Gasteiger partial charge in [-0.05, 0) is 6.92 Å². The number of carbonyl (C=O) groups is 1. The van der Waals surface area contributed by atoms with Gasteiger partial charge in [0.2, 0.25) is 0 Å². The molecule has 1 rings (SSSR count). The van der Waals surface area contributed by atoms with Crippen LogP contribution in [0, 0.1) is 6.92 Å². The van der Waals surface area contributed by atoms with Gasteiger partial charge in [0.15, 0.2) is 5.69 Å². The number of aromatic nitrogens is 3. The number of nitrogens with zero attached hydrogens (tertiary/aromatic N) is 3. The van der Waals surface area contributed by atoms with Gasteiger partial charge in [0.05, 0.1) is 12.8 Å². The topological polar surface area (TPSA) is 57.0 Å². The summed E-state index contributed by atoms with van der Waals surface area (Å²) in [6.45, 7) is 1.76. The summed E-state index contributed by atoms with van der Waals surface area (Å²) in [5.41, 5.74) is 0.979. The fraction of sp³-hybridized carbons (Fsp3) is 0.500. The van der Waals surface area contributed by atoms with E-state index in [0.29, 0.717) is 5.69 Å². The van der Waals surface area contributed by atoms with Crippen LogP contribution in [-0.2, 0) is 11.8 Å². The molecule has 0 aliphatic heterocycles. The van der Waals surface area contributed by atoms with Crippen LogP contribution in [0.5, 0.6) is 0 Å². The van der Waals surface area contributed by atoms with E-state index in [-0.39, 0.29) is 5.69 Å². The van der Waals surface area contributed by atoms with Crippen LogP contribution in [0.2, 0.25) is 0 Å². The second-order valence-corrected chi connectivity index (χ2v) is 2.14. The van der Waals surface area contributed by atoms with Crippen LogP contribution >= 0.6 is 0 Å². The van der Waals surface area contributed by atoms with E-state index < -0.39 is 5.97 Å². The number of hydrogen-bond acceptors (Lipinski definition) is 4. The number of carbonyl (C=O) groups excluding carboxylic acids is 1. The van der Waals surface area contributed by atoms with Crippen molar-refractivity contribution in [1.29, 1.82) is 0 Å². The molecule has 0 saturated carbocycles. The maximum atomic E-state index is 10.9. The normalized spacial score (nSPS) is 9.73. The molecule has 0 fully saturated rings. The van der Waals surface area contributed by atoms with E-state index in [1.54, 1.807) is 14.0 Å². The Morgan fingerprint density at radius 1 is 1.64 bits per heavy atom. The van der Waals surface area contributed by atoms with Crippen LogP contribution in [0.3, 0.4) is 0 Å². The molecular weight excluding hydrogens is 146 g/mol. The Hall–Kier alpha value is -1.39. The van der Waals surface area contributed by atoms with Crippen molar-refractivity contribution in [2.24, 2.45) is 7.05 Å². The van der Waals surface area contributed by atoms with Gasteiger partial charge in [-0.2, -0.15) is 0 Å². The molecule has 0 unspecified atom stereocenters. The highest BCUT2D eigenvalue weighted by Gasteiger charge is 2.14. The monoisotopic (exact) mass is 155 g/mol. The molecule has 1 heterocycles. The Labute approximate surface area is 64.0 Å². The van der Waals surface area contributed by atoms with Gasteiger partial charge in [-0.1, -0.05) is 5.21 Å². The van der Waals surface area contributed by atoms with E-state index in [1.165, 1.54) is 11.8 Å². The summed E-state index contributed by atoms with van der Waals surface area (Å²) in [6, 6.07) is 0. The van der Waals surface area contributed by atoms with Crippen molar-refractivity contribution in [3.63, 3.8) is 0 Å². The highest BCUT2D eigenvalue weighted by Crippen LogP contribution is 2.02. The first kappa shape index (κ1) is 7.71. The fourth-order valence-corrected chi connectivity index (χ4v) is 0.690. The quantitative estimate of drug-likeness (QED) is 0.532. The molecule has 0 aliphatic rings. The molecule has 0 amide bonds. The number of hydrogen-bond donors (Lipinski definition) is 0. The van der Waals surface area contributed by atoms with Crippen molar-refractivity contribution in [3.05, 3.63) is 11.4 Å². The summed E-state index contributed by atoms with van der Waals surface area (Å²) in [6.07, 6.45) is 0. The average Bonchev–Trinajstić information content (AvgIpc) is 2.32. The summed E-state index contributed by atoms with van der Waals surface area (Å²) >= 11 is 0. The van der Waals surface area contributed by atoms with Crippen LogP contribution in [-0.4, -0.2) is 28.1 Å². The van der Waals surface area contributed by atoms with Gasteiger partial charge in [0.1, 0.15) is 0 Å². The first-order chi connectivity index (χ1) is 5.16. The van der Waals surface area contributed by atoms with E-state index in [2.05, 4.69) is 15.0 Å². The smallest absolute Gasteiger partial charge is 0.360 e. The Kier molecular flexibility index (Phi) is 1.89. The van der Waals surface area contributed by atoms with Crippen LogP contribution < -0.4 is 0 Å². The maximum Gasteiger partial charge on any atom is 0.360 e. The van der Waals surface area contributed by atoms with Gasteiger partial charge >= 0.3 is 5.97 Å². The summed E-state index contributed by atoms with van der Waals surface area (Å²) in [7, 11) is 3.03. The molecule has 0 radical (unpaired) electrons. The Balaban J connectivity index is 3.04. The van der Waals surface area contributed by atoms with Gasteiger partial charge < -0.3 is 4.74 Å². The van der Waals surface area contributed by atoms with Crippen molar-refractivity contribution < 1.29 is 9.53 Å². The van der Waals surface area contributed by atoms with Crippen LogP contribution in [0.15, 0.2) is 0 Å². The third kappa shape index (κ3) is 1.21. The van der Waals surface area contributed by atoms with Gasteiger partial charge in [-0.25, -0.2) is 4.79 Å². The lowest BCUT2D eigenvalue weighted by atomic mass is 10.3. The molecule has 0 bridgehead atoms. The second kappa shape index (κ2) is 2.69. The molecule has 0 saturated heterocycles. The highest BCUT2D eigenvalue weighted by atomic mass is 16.5. The van der Waals surface area contributed by atoms with E-state index >= 15 is 0 Å². The number of methoxy groups -OCH3 is 1. The van der Waals surface area contributed by atoms with Gasteiger partial charge in [0.25, 0.3) is 0 Å². The summed E-state index contributed by atoms with van der Waals surface area (Å²) in [5, 5.41) is 7.28. The largest absolute Gasteiger partial charge is 0.464 e. The Morgan fingerprint density at radius 3 is 2.64 bits per heavy atom. The molecule has 0 aromatic carbocycles. The second-order valence-electron chi connectivity index (χ2n) is 2.14. The fourth-order valence-electron chi connectivity index (χ4n) is 0.690. The standard InChI is InChI=1S/C6H9N3O2/c1-4-5(6(10)11-3)7-8-9(4)2/h1-3H3. The van der Waals surface area contributed by atoms with E-state index in [4.69, 9.17) is 0 Å². The summed E-state index contributed by atoms with van der Waals surface area (Å²) < 4.78 is 6.00. The molecule has 0 aliphatic carbocycles. The first-order valence-corrected chi connectivity index (χ1v) is 3.11. The molecule has 5 nitrogen and oxygen atoms in total. The Morgan fingerprint density at radius 2 is 2.27 bits per heavy atom. The molecule has 60 valence electrons. The molecular formula is C6H9N3O2. The number of esters is 1. The van der Waals surface area contributed by atoms with Crippen molar-refractivity contribution in [2.75, 3.05) is 7.11 Å².